The van der Waals surface area contributed by atoms with Gasteiger partial charge in [-0.05, 0) is 61.8 Å². The molecule has 0 unspecified atom stereocenters. The SMILES string of the molecule is O=C(CCNC(=O)c1ccc(Br)cc1)Nc1ccccc1CN1CCCC1. The van der Waals surface area contributed by atoms with Gasteiger partial charge >= 0.3 is 0 Å². The molecule has 1 fully saturated rings. The van der Waals surface area contributed by atoms with Gasteiger partial charge in [-0.1, -0.05) is 34.1 Å². The maximum atomic E-state index is 12.3. The maximum Gasteiger partial charge on any atom is 0.251 e. The molecule has 3 rings (SSSR count). The van der Waals surface area contributed by atoms with Crippen molar-refractivity contribution in [1.29, 1.82) is 0 Å². The quantitative estimate of drug-likeness (QED) is 0.703. The number of likely N-dealkylation sites (tertiary alicyclic amines) is 1. The van der Waals surface area contributed by atoms with Gasteiger partial charge in [-0.25, -0.2) is 0 Å². The normalized spacial score (nSPS) is 14.1. The van der Waals surface area contributed by atoms with Crippen LogP contribution in [0.25, 0.3) is 0 Å². The van der Waals surface area contributed by atoms with E-state index in [9.17, 15) is 9.59 Å². The number of hydrogen-bond acceptors (Lipinski definition) is 3. The van der Waals surface area contributed by atoms with Gasteiger partial charge in [-0.15, -0.1) is 0 Å². The first-order valence-electron chi connectivity index (χ1n) is 9.26. The Morgan fingerprint density at radius 2 is 1.70 bits per heavy atom. The molecule has 0 aliphatic carbocycles. The van der Waals surface area contributed by atoms with Crippen LogP contribution in [-0.2, 0) is 11.3 Å². The lowest BCUT2D eigenvalue weighted by Crippen LogP contribution is -2.28. The molecule has 2 amide bonds. The third kappa shape index (κ3) is 5.91. The molecule has 27 heavy (non-hydrogen) atoms. The second-order valence-electron chi connectivity index (χ2n) is 6.70. The average Bonchev–Trinajstić information content (AvgIpc) is 3.17. The Kier molecular flexibility index (Phi) is 7.01. The number of carbonyl (C=O) groups excluding carboxylic acids is 2. The molecule has 0 radical (unpaired) electrons. The van der Waals surface area contributed by atoms with Crippen molar-refractivity contribution in [1.82, 2.24) is 10.2 Å². The topological polar surface area (TPSA) is 61.4 Å². The molecule has 1 aliphatic rings. The lowest BCUT2D eigenvalue weighted by atomic mass is 10.1. The summed E-state index contributed by atoms with van der Waals surface area (Å²) in [6, 6.07) is 15.0. The van der Waals surface area contributed by atoms with Crippen LogP contribution in [0.15, 0.2) is 53.0 Å². The Morgan fingerprint density at radius 1 is 1.00 bits per heavy atom. The number of nitrogens with one attached hydrogen (secondary N) is 2. The number of benzene rings is 2. The molecule has 142 valence electrons. The number of nitrogens with zero attached hydrogens (tertiary/aromatic N) is 1. The Labute approximate surface area is 168 Å². The standard InChI is InChI=1S/C21H24BrN3O2/c22-18-9-7-16(8-10-18)21(27)23-12-11-20(26)24-19-6-2-1-5-17(19)15-25-13-3-4-14-25/h1-2,5-10H,3-4,11-15H2,(H,23,27)(H,24,26). The van der Waals surface area contributed by atoms with Crippen molar-refractivity contribution < 1.29 is 9.59 Å². The zero-order chi connectivity index (χ0) is 19.1. The maximum absolute atomic E-state index is 12.3. The first kappa shape index (κ1) is 19.6. The Hall–Kier alpha value is -2.18. The third-order valence-electron chi connectivity index (χ3n) is 4.63. The highest BCUT2D eigenvalue weighted by Crippen LogP contribution is 2.20. The molecule has 1 heterocycles. The molecule has 2 aromatic rings. The van der Waals surface area contributed by atoms with Gasteiger partial charge in [-0.3, -0.25) is 14.5 Å². The van der Waals surface area contributed by atoms with Gasteiger partial charge in [0.15, 0.2) is 0 Å². The van der Waals surface area contributed by atoms with Crippen molar-refractivity contribution in [3.63, 3.8) is 0 Å². The fraction of sp³-hybridized carbons (Fsp3) is 0.333. The highest BCUT2D eigenvalue weighted by Gasteiger charge is 2.14. The summed E-state index contributed by atoms with van der Waals surface area (Å²) in [5, 5.41) is 5.77. The summed E-state index contributed by atoms with van der Waals surface area (Å²) in [7, 11) is 0. The molecular weight excluding hydrogens is 406 g/mol. The minimum atomic E-state index is -0.176. The van der Waals surface area contributed by atoms with Crippen molar-refractivity contribution in [2.75, 3.05) is 25.0 Å². The van der Waals surface area contributed by atoms with Crippen molar-refractivity contribution >= 4 is 33.4 Å². The third-order valence-corrected chi connectivity index (χ3v) is 5.16. The van der Waals surface area contributed by atoms with Crippen LogP contribution in [-0.4, -0.2) is 36.3 Å². The van der Waals surface area contributed by atoms with E-state index in [4.69, 9.17) is 0 Å². The molecule has 2 N–H and O–H groups in total. The summed E-state index contributed by atoms with van der Waals surface area (Å²) in [5.74, 6) is -0.273. The summed E-state index contributed by atoms with van der Waals surface area (Å²) in [5.41, 5.74) is 2.56. The minimum Gasteiger partial charge on any atom is -0.352 e. The van der Waals surface area contributed by atoms with Crippen LogP contribution in [0.1, 0.15) is 35.2 Å². The van der Waals surface area contributed by atoms with E-state index in [-0.39, 0.29) is 18.2 Å². The van der Waals surface area contributed by atoms with Gasteiger partial charge in [-0.2, -0.15) is 0 Å². The van der Waals surface area contributed by atoms with E-state index in [2.05, 4.69) is 37.5 Å². The number of hydrogen-bond donors (Lipinski definition) is 2. The number of halogens is 1. The molecule has 0 spiro atoms. The molecule has 0 saturated carbocycles. The van der Waals surface area contributed by atoms with Gasteiger partial charge in [0.05, 0.1) is 0 Å². The predicted molar refractivity (Wildman–Crippen MR) is 111 cm³/mol. The Bertz CT molecular complexity index is 786. The lowest BCUT2D eigenvalue weighted by molar-refractivity contribution is -0.116. The monoisotopic (exact) mass is 429 g/mol. The van der Waals surface area contributed by atoms with Crippen LogP contribution in [0.5, 0.6) is 0 Å². The minimum absolute atomic E-state index is 0.0972. The second kappa shape index (κ2) is 9.67. The van der Waals surface area contributed by atoms with Crippen LogP contribution < -0.4 is 10.6 Å². The Balaban J connectivity index is 1.48. The summed E-state index contributed by atoms with van der Waals surface area (Å²) in [6.07, 6.45) is 2.72. The summed E-state index contributed by atoms with van der Waals surface area (Å²) < 4.78 is 0.922. The van der Waals surface area contributed by atoms with Crippen LogP contribution >= 0.6 is 15.9 Å². The largest absolute Gasteiger partial charge is 0.352 e. The highest BCUT2D eigenvalue weighted by atomic mass is 79.9. The van der Waals surface area contributed by atoms with Gasteiger partial charge in [0.1, 0.15) is 0 Å². The van der Waals surface area contributed by atoms with E-state index in [1.54, 1.807) is 12.1 Å². The van der Waals surface area contributed by atoms with Crippen molar-refractivity contribution in [2.24, 2.45) is 0 Å². The average molecular weight is 430 g/mol. The van der Waals surface area contributed by atoms with Crippen molar-refractivity contribution in [3.8, 4) is 0 Å². The molecule has 6 heteroatoms. The highest BCUT2D eigenvalue weighted by molar-refractivity contribution is 9.10. The molecule has 0 bridgehead atoms. The van der Waals surface area contributed by atoms with Gasteiger partial charge in [0, 0.05) is 35.2 Å². The second-order valence-corrected chi connectivity index (χ2v) is 7.62. The molecule has 0 aromatic heterocycles. The molecule has 5 nitrogen and oxygen atoms in total. The number of rotatable bonds is 7. The summed E-state index contributed by atoms with van der Waals surface area (Å²) in [6.45, 7) is 3.39. The van der Waals surface area contributed by atoms with E-state index in [0.717, 1.165) is 35.4 Å². The number of amides is 2. The van der Waals surface area contributed by atoms with E-state index in [1.165, 1.54) is 12.8 Å². The fourth-order valence-electron chi connectivity index (χ4n) is 3.17. The zero-order valence-electron chi connectivity index (χ0n) is 15.2. The molecule has 1 aliphatic heterocycles. The lowest BCUT2D eigenvalue weighted by Gasteiger charge is -2.18. The first-order valence-corrected chi connectivity index (χ1v) is 10.0. The Morgan fingerprint density at radius 3 is 2.44 bits per heavy atom. The van der Waals surface area contributed by atoms with Gasteiger partial charge in [0.25, 0.3) is 5.91 Å². The smallest absolute Gasteiger partial charge is 0.251 e. The number of anilines is 1. The zero-order valence-corrected chi connectivity index (χ0v) is 16.8. The molecular formula is C21H24BrN3O2. The number of para-hydroxylation sites is 1. The summed E-state index contributed by atoms with van der Waals surface area (Å²) >= 11 is 3.34. The van der Waals surface area contributed by atoms with Crippen molar-refractivity contribution in [2.45, 2.75) is 25.8 Å². The molecule has 0 atom stereocenters. The molecule has 1 saturated heterocycles. The van der Waals surface area contributed by atoms with Gasteiger partial charge < -0.3 is 10.6 Å². The van der Waals surface area contributed by atoms with Crippen LogP contribution in [0, 0.1) is 0 Å². The van der Waals surface area contributed by atoms with Crippen LogP contribution in [0.2, 0.25) is 0 Å². The van der Waals surface area contributed by atoms with E-state index < -0.39 is 0 Å². The van der Waals surface area contributed by atoms with E-state index in [1.807, 2.05) is 30.3 Å². The van der Waals surface area contributed by atoms with Crippen molar-refractivity contribution in [3.05, 3.63) is 64.1 Å². The van der Waals surface area contributed by atoms with Crippen LogP contribution in [0.3, 0.4) is 0 Å². The molecule has 2 aromatic carbocycles. The predicted octanol–water partition coefficient (Wildman–Crippen LogP) is 3.80. The fourth-order valence-corrected chi connectivity index (χ4v) is 3.43. The number of carbonyl (C=O) groups is 2. The summed E-state index contributed by atoms with van der Waals surface area (Å²) in [4.78, 5) is 26.8. The van der Waals surface area contributed by atoms with Crippen LogP contribution in [0.4, 0.5) is 5.69 Å². The first-order chi connectivity index (χ1) is 13.1. The van der Waals surface area contributed by atoms with E-state index >= 15 is 0 Å². The van der Waals surface area contributed by atoms with Gasteiger partial charge in [0.2, 0.25) is 5.91 Å². The van der Waals surface area contributed by atoms with E-state index in [0.29, 0.717) is 12.1 Å².